The summed E-state index contributed by atoms with van der Waals surface area (Å²) in [7, 11) is 1.38. The minimum Gasteiger partial charge on any atom is -0.465 e. The number of para-hydroxylation sites is 1. The van der Waals surface area contributed by atoms with Gasteiger partial charge in [0, 0.05) is 55.2 Å². The molecule has 1 aromatic heterocycles. The molecule has 0 aliphatic carbocycles. The Labute approximate surface area is 151 Å². The average molecular weight is 357 g/mol. The number of rotatable bonds is 3. The molecule has 2 N–H and O–H groups in total. The second kappa shape index (κ2) is 6.99. The number of ether oxygens (including phenoxy) is 2. The van der Waals surface area contributed by atoms with E-state index in [1.54, 1.807) is 6.07 Å². The van der Waals surface area contributed by atoms with Crippen molar-refractivity contribution in [3.8, 4) is 0 Å². The zero-order valence-corrected chi connectivity index (χ0v) is 14.8. The molecule has 3 heterocycles. The number of nitrogens with zero attached hydrogens (tertiary/aromatic N) is 1. The normalized spacial score (nSPS) is 19.4. The van der Waals surface area contributed by atoms with E-state index in [2.05, 4.69) is 10.3 Å². The number of esters is 1. The molecule has 2 amide bonds. The summed E-state index contributed by atoms with van der Waals surface area (Å²) in [6.45, 7) is 3.35. The second-order valence-electron chi connectivity index (χ2n) is 6.89. The molecule has 0 spiro atoms. The van der Waals surface area contributed by atoms with E-state index >= 15 is 0 Å². The molecule has 2 aromatic rings. The van der Waals surface area contributed by atoms with Gasteiger partial charge in [-0.3, -0.25) is 0 Å². The SMILES string of the molecule is COC(=O)c1cccc2c3c([nH]c12)CCN(C(=O)NCC1CCOC1)C3. The van der Waals surface area contributed by atoms with Gasteiger partial charge in [0.1, 0.15) is 0 Å². The zero-order chi connectivity index (χ0) is 18.1. The number of hydrogen-bond donors (Lipinski definition) is 2. The predicted octanol–water partition coefficient (Wildman–Crippen LogP) is 2.06. The van der Waals surface area contributed by atoms with Crippen LogP contribution in [0.4, 0.5) is 4.79 Å². The zero-order valence-electron chi connectivity index (χ0n) is 14.8. The monoisotopic (exact) mass is 357 g/mol. The van der Waals surface area contributed by atoms with E-state index in [1.165, 1.54) is 7.11 Å². The summed E-state index contributed by atoms with van der Waals surface area (Å²) in [4.78, 5) is 29.7. The lowest BCUT2D eigenvalue weighted by Gasteiger charge is -2.28. The Kier molecular flexibility index (Phi) is 4.55. The van der Waals surface area contributed by atoms with E-state index in [9.17, 15) is 9.59 Å². The number of benzene rings is 1. The van der Waals surface area contributed by atoms with Crippen LogP contribution in [-0.2, 0) is 22.4 Å². The van der Waals surface area contributed by atoms with E-state index in [1.807, 2.05) is 17.0 Å². The molecule has 0 bridgehead atoms. The Hall–Kier alpha value is -2.54. The largest absolute Gasteiger partial charge is 0.465 e. The highest BCUT2D eigenvalue weighted by molar-refractivity contribution is 6.04. The van der Waals surface area contributed by atoms with E-state index in [4.69, 9.17) is 9.47 Å². The maximum Gasteiger partial charge on any atom is 0.339 e. The Morgan fingerprint density at radius 1 is 1.42 bits per heavy atom. The number of nitrogens with one attached hydrogen (secondary N) is 2. The van der Waals surface area contributed by atoms with Crippen molar-refractivity contribution >= 4 is 22.9 Å². The van der Waals surface area contributed by atoms with Crippen molar-refractivity contribution in [2.45, 2.75) is 19.4 Å². The third-order valence-electron chi connectivity index (χ3n) is 5.27. The van der Waals surface area contributed by atoms with Crippen molar-refractivity contribution in [2.24, 2.45) is 5.92 Å². The number of aromatic nitrogens is 1. The number of hydrogen-bond acceptors (Lipinski definition) is 4. The van der Waals surface area contributed by atoms with Gasteiger partial charge in [-0.25, -0.2) is 9.59 Å². The lowest BCUT2D eigenvalue weighted by molar-refractivity contribution is 0.0602. The van der Waals surface area contributed by atoms with Gasteiger partial charge in [-0.15, -0.1) is 0 Å². The van der Waals surface area contributed by atoms with Gasteiger partial charge < -0.3 is 24.7 Å². The highest BCUT2D eigenvalue weighted by Crippen LogP contribution is 2.30. The van der Waals surface area contributed by atoms with Crippen LogP contribution < -0.4 is 5.32 Å². The van der Waals surface area contributed by atoms with Crippen LogP contribution in [0, 0.1) is 5.92 Å². The number of aromatic amines is 1. The first kappa shape index (κ1) is 16.9. The van der Waals surface area contributed by atoms with E-state index in [0.29, 0.717) is 31.1 Å². The highest BCUT2D eigenvalue weighted by Gasteiger charge is 2.26. The summed E-state index contributed by atoms with van der Waals surface area (Å²) in [5, 5.41) is 4.00. The number of urea groups is 1. The maximum atomic E-state index is 12.5. The minimum absolute atomic E-state index is 0.0407. The molecule has 4 rings (SSSR count). The van der Waals surface area contributed by atoms with Crippen molar-refractivity contribution in [3.05, 3.63) is 35.0 Å². The van der Waals surface area contributed by atoms with Crippen LogP contribution in [0.1, 0.15) is 28.0 Å². The summed E-state index contributed by atoms with van der Waals surface area (Å²) in [6.07, 6.45) is 1.74. The summed E-state index contributed by atoms with van der Waals surface area (Å²) >= 11 is 0. The van der Waals surface area contributed by atoms with Crippen LogP contribution in [0.3, 0.4) is 0 Å². The van der Waals surface area contributed by atoms with E-state index < -0.39 is 0 Å². The minimum atomic E-state index is -0.359. The molecule has 1 unspecified atom stereocenters. The maximum absolute atomic E-state index is 12.5. The lowest BCUT2D eigenvalue weighted by atomic mass is 10.0. The Morgan fingerprint density at radius 2 is 2.31 bits per heavy atom. The smallest absolute Gasteiger partial charge is 0.339 e. The third kappa shape index (κ3) is 3.03. The fourth-order valence-corrected chi connectivity index (χ4v) is 3.78. The fraction of sp³-hybridized carbons (Fsp3) is 0.474. The van der Waals surface area contributed by atoms with Crippen LogP contribution in [0.25, 0.3) is 10.9 Å². The predicted molar refractivity (Wildman–Crippen MR) is 96.1 cm³/mol. The third-order valence-corrected chi connectivity index (χ3v) is 5.27. The van der Waals surface area contributed by atoms with Gasteiger partial charge in [-0.05, 0) is 12.5 Å². The highest BCUT2D eigenvalue weighted by atomic mass is 16.5. The standard InChI is InChI=1S/C19H23N3O4/c1-25-18(23)14-4-2-3-13-15-10-22(7-5-16(15)21-17(13)14)19(24)20-9-12-6-8-26-11-12/h2-4,12,21H,5-11H2,1H3,(H,20,24). The van der Waals surface area contributed by atoms with Crippen LogP contribution in [0.2, 0.25) is 0 Å². The lowest BCUT2D eigenvalue weighted by Crippen LogP contribution is -2.44. The Morgan fingerprint density at radius 3 is 3.08 bits per heavy atom. The van der Waals surface area contributed by atoms with Gasteiger partial charge in [0.25, 0.3) is 0 Å². The number of H-pyrrole nitrogens is 1. The van der Waals surface area contributed by atoms with Gasteiger partial charge in [0.2, 0.25) is 0 Å². The van der Waals surface area contributed by atoms with Crippen molar-refractivity contribution in [1.82, 2.24) is 15.2 Å². The van der Waals surface area contributed by atoms with Crippen molar-refractivity contribution in [3.63, 3.8) is 0 Å². The van der Waals surface area contributed by atoms with Crippen LogP contribution >= 0.6 is 0 Å². The van der Waals surface area contributed by atoms with Gasteiger partial charge in [-0.2, -0.15) is 0 Å². The molecule has 138 valence electrons. The van der Waals surface area contributed by atoms with Crippen molar-refractivity contribution in [2.75, 3.05) is 33.4 Å². The summed E-state index contributed by atoms with van der Waals surface area (Å²) < 4.78 is 10.2. The quantitative estimate of drug-likeness (QED) is 0.824. The molecule has 1 aromatic carbocycles. The molecule has 26 heavy (non-hydrogen) atoms. The van der Waals surface area contributed by atoms with Crippen molar-refractivity contribution in [1.29, 1.82) is 0 Å². The van der Waals surface area contributed by atoms with Crippen LogP contribution in [0.5, 0.6) is 0 Å². The summed E-state index contributed by atoms with van der Waals surface area (Å²) in [5.41, 5.74) is 3.48. The first-order valence-electron chi connectivity index (χ1n) is 8.98. The molecular formula is C19H23N3O4. The van der Waals surface area contributed by atoms with Crippen molar-refractivity contribution < 1.29 is 19.1 Å². The van der Waals surface area contributed by atoms with Gasteiger partial charge >= 0.3 is 12.0 Å². The van der Waals surface area contributed by atoms with Gasteiger partial charge in [0.05, 0.1) is 24.8 Å². The number of carbonyl (C=O) groups is 2. The first-order chi connectivity index (χ1) is 12.7. The summed E-state index contributed by atoms with van der Waals surface area (Å²) in [5.74, 6) is 0.0533. The second-order valence-corrected chi connectivity index (χ2v) is 6.89. The number of amides is 2. The van der Waals surface area contributed by atoms with Gasteiger partial charge in [-0.1, -0.05) is 12.1 Å². The number of methoxy groups -OCH3 is 1. The average Bonchev–Trinajstić information content (AvgIpc) is 3.32. The van der Waals surface area contributed by atoms with E-state index in [0.717, 1.165) is 48.2 Å². The molecule has 1 saturated heterocycles. The molecular weight excluding hydrogens is 334 g/mol. The Bertz CT molecular complexity index is 839. The molecule has 2 aliphatic heterocycles. The number of carbonyl (C=O) groups excluding carboxylic acids is 2. The first-order valence-corrected chi connectivity index (χ1v) is 8.98. The van der Waals surface area contributed by atoms with Crippen LogP contribution in [-0.4, -0.2) is 55.3 Å². The van der Waals surface area contributed by atoms with Gasteiger partial charge in [0.15, 0.2) is 0 Å². The molecule has 1 atom stereocenters. The molecule has 7 heteroatoms. The number of fused-ring (bicyclic) bond motifs is 3. The summed E-state index contributed by atoms with van der Waals surface area (Å²) in [6, 6.07) is 5.54. The molecule has 0 radical (unpaired) electrons. The van der Waals surface area contributed by atoms with E-state index in [-0.39, 0.29) is 12.0 Å². The molecule has 2 aliphatic rings. The molecule has 0 saturated carbocycles. The molecule has 1 fully saturated rings. The molecule has 7 nitrogen and oxygen atoms in total. The Balaban J connectivity index is 1.52. The fourth-order valence-electron chi connectivity index (χ4n) is 3.78. The van der Waals surface area contributed by atoms with Crippen LogP contribution in [0.15, 0.2) is 18.2 Å². The topological polar surface area (TPSA) is 83.7 Å².